The zero-order valence-electron chi connectivity index (χ0n) is 19.9. The second-order valence-electron chi connectivity index (χ2n) is 11.8. The van der Waals surface area contributed by atoms with Gasteiger partial charge < -0.3 is 39.2 Å². The molecule has 0 aromatic rings. The molecule has 1 spiro atoms. The van der Waals surface area contributed by atoms with Gasteiger partial charge >= 0.3 is 0 Å². The first kappa shape index (κ1) is 22.2. The van der Waals surface area contributed by atoms with Gasteiger partial charge in [-0.05, 0) is 32.2 Å². The van der Waals surface area contributed by atoms with Gasteiger partial charge in [0.25, 0.3) is 0 Å². The molecule has 1 heterocycles. The largest absolute Gasteiger partial charge is 0.390 e. The molecule has 1 aliphatic heterocycles. The predicted molar refractivity (Wildman–Crippen MR) is 114 cm³/mol. The van der Waals surface area contributed by atoms with Crippen LogP contribution in [-0.2, 0) is 18.9 Å². The average Bonchev–Trinajstić information content (AvgIpc) is 3.13. The van der Waals surface area contributed by atoms with E-state index >= 15 is 0 Å². The van der Waals surface area contributed by atoms with Crippen molar-refractivity contribution in [2.45, 2.75) is 67.3 Å². The van der Waals surface area contributed by atoms with Gasteiger partial charge in [-0.1, -0.05) is 0 Å². The number of nitrogens with zero attached hydrogens (tertiary/aromatic N) is 1. The summed E-state index contributed by atoms with van der Waals surface area (Å²) in [6.45, 7) is 1.52. The maximum absolute atomic E-state index is 12.5. The van der Waals surface area contributed by atoms with Gasteiger partial charge in [0.05, 0.1) is 36.6 Å². The van der Waals surface area contributed by atoms with Crippen LogP contribution in [0.5, 0.6) is 0 Å². The molecule has 32 heavy (non-hydrogen) atoms. The van der Waals surface area contributed by atoms with Crippen LogP contribution >= 0.6 is 0 Å². The number of hydrogen-bond donors (Lipinski definition) is 3. The Kier molecular flexibility index (Phi) is 4.62. The van der Waals surface area contributed by atoms with E-state index in [4.69, 9.17) is 18.9 Å². The normalized spacial score (nSPS) is 62.4. The summed E-state index contributed by atoms with van der Waals surface area (Å²) in [4.78, 5) is 2.42. The number of fused-ring (bicyclic) bond motifs is 2. The zero-order valence-corrected chi connectivity index (χ0v) is 19.9. The molecule has 5 aliphatic carbocycles. The highest BCUT2D eigenvalue weighted by atomic mass is 16.5. The van der Waals surface area contributed by atoms with E-state index in [1.807, 2.05) is 0 Å². The summed E-state index contributed by atoms with van der Waals surface area (Å²) >= 11 is 0. The number of methoxy groups -OCH3 is 4. The minimum atomic E-state index is -1.36. The summed E-state index contributed by atoms with van der Waals surface area (Å²) in [5, 5.41) is 35.7. The van der Waals surface area contributed by atoms with Gasteiger partial charge in [-0.15, -0.1) is 0 Å². The van der Waals surface area contributed by atoms with Crippen LogP contribution in [0.25, 0.3) is 0 Å². The minimum absolute atomic E-state index is 0.0291. The van der Waals surface area contributed by atoms with E-state index in [0.717, 1.165) is 19.4 Å². The molecule has 6 rings (SSSR count). The van der Waals surface area contributed by atoms with E-state index in [-0.39, 0.29) is 46.8 Å². The van der Waals surface area contributed by atoms with Gasteiger partial charge in [-0.2, -0.15) is 0 Å². The monoisotopic (exact) mass is 453 g/mol. The van der Waals surface area contributed by atoms with Gasteiger partial charge in [0.2, 0.25) is 0 Å². The number of piperidine rings is 1. The minimum Gasteiger partial charge on any atom is -0.390 e. The van der Waals surface area contributed by atoms with Gasteiger partial charge in [0, 0.05) is 76.0 Å². The third-order valence-electron chi connectivity index (χ3n) is 11.2. The van der Waals surface area contributed by atoms with Crippen LogP contribution in [0.4, 0.5) is 0 Å². The van der Waals surface area contributed by atoms with Crippen LogP contribution in [-0.4, -0.2) is 111 Å². The summed E-state index contributed by atoms with van der Waals surface area (Å²) in [6.07, 6.45) is 0.747. The molecule has 6 fully saturated rings. The second kappa shape index (κ2) is 6.66. The maximum atomic E-state index is 12.5. The van der Waals surface area contributed by atoms with Crippen molar-refractivity contribution in [3.8, 4) is 0 Å². The van der Waals surface area contributed by atoms with E-state index in [9.17, 15) is 15.3 Å². The molecule has 182 valence electrons. The van der Waals surface area contributed by atoms with Crippen molar-refractivity contribution in [3.63, 3.8) is 0 Å². The highest BCUT2D eigenvalue weighted by Crippen LogP contribution is 2.79. The molecule has 5 saturated carbocycles. The molecular formula is C24H39NO7. The summed E-state index contributed by atoms with van der Waals surface area (Å²) in [5.74, 6) is -0.596. The molecule has 8 nitrogen and oxygen atoms in total. The van der Waals surface area contributed by atoms with Gasteiger partial charge in [0.15, 0.2) is 0 Å². The van der Waals surface area contributed by atoms with Crippen molar-refractivity contribution >= 4 is 0 Å². The summed E-state index contributed by atoms with van der Waals surface area (Å²) in [6, 6.07) is 0.0455. The molecule has 0 amide bonds. The number of hydrogen-bond acceptors (Lipinski definition) is 8. The van der Waals surface area contributed by atoms with E-state index in [2.05, 4.69) is 11.9 Å². The van der Waals surface area contributed by atoms with Crippen LogP contribution in [0.15, 0.2) is 0 Å². The lowest BCUT2D eigenvalue weighted by Crippen LogP contribution is -2.76. The Morgan fingerprint density at radius 1 is 0.938 bits per heavy atom. The fraction of sp³-hybridized carbons (Fsp3) is 1.00. The lowest BCUT2D eigenvalue weighted by molar-refractivity contribution is -0.281. The van der Waals surface area contributed by atoms with Crippen molar-refractivity contribution < 1.29 is 34.3 Å². The first-order valence-electron chi connectivity index (χ1n) is 12.1. The highest BCUT2D eigenvalue weighted by Gasteiger charge is 2.88. The third-order valence-corrected chi connectivity index (χ3v) is 11.2. The lowest BCUT2D eigenvalue weighted by atomic mass is 9.43. The Morgan fingerprint density at radius 3 is 2.28 bits per heavy atom. The predicted octanol–water partition coefficient (Wildman–Crippen LogP) is -0.119. The fourth-order valence-electron chi connectivity index (χ4n) is 10.9. The Morgan fingerprint density at radius 2 is 1.66 bits per heavy atom. The molecule has 3 N–H and O–H groups in total. The van der Waals surface area contributed by atoms with Crippen LogP contribution in [0.1, 0.15) is 25.7 Å². The number of ether oxygens (including phenoxy) is 4. The topological polar surface area (TPSA) is 101 Å². The molecule has 6 aliphatic rings. The summed E-state index contributed by atoms with van der Waals surface area (Å²) in [5.41, 5.74) is -3.00. The van der Waals surface area contributed by atoms with Crippen molar-refractivity contribution in [2.24, 2.45) is 34.5 Å². The smallest absolute Gasteiger partial charge is 0.117 e. The molecule has 0 aromatic carbocycles. The second-order valence-corrected chi connectivity index (χ2v) is 11.8. The molecule has 0 radical (unpaired) electrons. The lowest BCUT2D eigenvalue weighted by Gasteiger charge is -2.68. The van der Waals surface area contributed by atoms with Gasteiger partial charge in [0.1, 0.15) is 5.60 Å². The Bertz CT molecular complexity index is 798. The Balaban J connectivity index is 1.64. The van der Waals surface area contributed by atoms with Gasteiger partial charge in [-0.25, -0.2) is 0 Å². The quantitative estimate of drug-likeness (QED) is 0.530. The van der Waals surface area contributed by atoms with Crippen molar-refractivity contribution in [2.75, 3.05) is 48.6 Å². The van der Waals surface area contributed by atoms with E-state index in [1.165, 1.54) is 0 Å². The SMILES string of the molecule is COCC12CCC(OC)C34C5CC6(O)C(OC)CC(O)(C5C6O)C(C(OC)C13)C4N(C)C2. The summed E-state index contributed by atoms with van der Waals surface area (Å²) < 4.78 is 24.1. The Hall–Kier alpha value is -0.320. The van der Waals surface area contributed by atoms with E-state index < -0.39 is 29.3 Å². The molecule has 13 atom stereocenters. The molecule has 13 unspecified atom stereocenters. The van der Waals surface area contributed by atoms with E-state index in [1.54, 1.807) is 28.4 Å². The Labute approximate surface area is 190 Å². The van der Waals surface area contributed by atoms with E-state index in [0.29, 0.717) is 19.4 Å². The van der Waals surface area contributed by atoms with Crippen LogP contribution < -0.4 is 0 Å². The number of likely N-dealkylation sites (tertiary alicyclic amines) is 1. The van der Waals surface area contributed by atoms with Crippen molar-refractivity contribution in [1.82, 2.24) is 4.90 Å². The first-order valence-corrected chi connectivity index (χ1v) is 12.1. The average molecular weight is 454 g/mol. The van der Waals surface area contributed by atoms with Crippen molar-refractivity contribution in [1.29, 1.82) is 0 Å². The molecule has 8 heteroatoms. The van der Waals surface area contributed by atoms with Crippen LogP contribution in [0.2, 0.25) is 0 Å². The number of rotatable bonds is 5. The van der Waals surface area contributed by atoms with Crippen LogP contribution in [0, 0.1) is 34.5 Å². The molecular weight excluding hydrogens is 414 g/mol. The highest BCUT2D eigenvalue weighted by molar-refractivity contribution is 5.37. The fourth-order valence-corrected chi connectivity index (χ4v) is 10.9. The third kappa shape index (κ3) is 2.07. The number of aliphatic hydroxyl groups is 3. The number of aliphatic hydroxyl groups excluding tert-OH is 1. The first-order chi connectivity index (χ1) is 15.2. The summed E-state index contributed by atoms with van der Waals surface area (Å²) in [7, 11) is 9.05. The maximum Gasteiger partial charge on any atom is 0.117 e. The standard InChI is InChI=1S/C24H39NO7/c1-25-10-21(11-29-2)7-6-13(30-3)24-12-8-22(27)14(31-4)9-23(28,15(12)20(22)26)16(19(24)25)17(32-5)18(21)24/h12-20,26-28H,6-11H2,1-5H3. The van der Waals surface area contributed by atoms with Crippen LogP contribution in [0.3, 0.4) is 0 Å². The molecule has 7 bridgehead atoms. The van der Waals surface area contributed by atoms with Gasteiger partial charge in [-0.3, -0.25) is 0 Å². The molecule has 1 saturated heterocycles. The van der Waals surface area contributed by atoms with Crippen molar-refractivity contribution in [3.05, 3.63) is 0 Å². The zero-order chi connectivity index (χ0) is 22.8. The molecule has 0 aromatic heterocycles.